The standard InChI is InChI=1S/C19H28N2O/c1-14-12-17-18(13-15(14)2)21(10-11-22)19(20-17)9-8-16-6-4-3-5-7-16/h12-13,16,22H,3-11H2,1-2H3. The molecule has 0 amide bonds. The van der Waals surface area contributed by atoms with E-state index in [1.54, 1.807) is 0 Å². The summed E-state index contributed by atoms with van der Waals surface area (Å²) in [5.74, 6) is 2.03. The van der Waals surface area contributed by atoms with Crippen molar-refractivity contribution < 1.29 is 5.11 Å². The van der Waals surface area contributed by atoms with Gasteiger partial charge in [-0.25, -0.2) is 4.98 Å². The van der Waals surface area contributed by atoms with Crippen molar-refractivity contribution in [3.63, 3.8) is 0 Å². The highest BCUT2D eigenvalue weighted by Crippen LogP contribution is 2.28. The number of hydrogen-bond acceptors (Lipinski definition) is 2. The maximum Gasteiger partial charge on any atom is 0.109 e. The number of fused-ring (bicyclic) bond motifs is 1. The van der Waals surface area contributed by atoms with Crippen LogP contribution in [0.2, 0.25) is 0 Å². The Morgan fingerprint density at radius 1 is 1.14 bits per heavy atom. The largest absolute Gasteiger partial charge is 0.395 e. The van der Waals surface area contributed by atoms with Crippen LogP contribution in [0.25, 0.3) is 11.0 Å². The van der Waals surface area contributed by atoms with Crippen LogP contribution in [0, 0.1) is 19.8 Å². The highest BCUT2D eigenvalue weighted by molar-refractivity contribution is 5.78. The summed E-state index contributed by atoms with van der Waals surface area (Å²) >= 11 is 0. The quantitative estimate of drug-likeness (QED) is 0.900. The average molecular weight is 300 g/mol. The molecule has 1 N–H and O–H groups in total. The number of aliphatic hydroxyl groups excluding tert-OH is 1. The predicted molar refractivity (Wildman–Crippen MR) is 91.2 cm³/mol. The lowest BCUT2D eigenvalue weighted by atomic mass is 9.86. The first-order chi connectivity index (χ1) is 10.7. The van der Waals surface area contributed by atoms with E-state index in [9.17, 15) is 5.11 Å². The molecule has 0 unspecified atom stereocenters. The molecule has 0 aliphatic heterocycles. The summed E-state index contributed by atoms with van der Waals surface area (Å²) in [5.41, 5.74) is 4.84. The van der Waals surface area contributed by atoms with E-state index in [1.807, 2.05) is 0 Å². The molecule has 3 heteroatoms. The zero-order chi connectivity index (χ0) is 15.5. The Kier molecular flexibility index (Phi) is 4.82. The van der Waals surface area contributed by atoms with Gasteiger partial charge in [0.1, 0.15) is 5.82 Å². The third kappa shape index (κ3) is 3.19. The summed E-state index contributed by atoms with van der Waals surface area (Å²) in [6, 6.07) is 4.40. The van der Waals surface area contributed by atoms with Gasteiger partial charge >= 0.3 is 0 Å². The third-order valence-corrected chi connectivity index (χ3v) is 5.27. The van der Waals surface area contributed by atoms with Gasteiger partial charge in [0, 0.05) is 13.0 Å². The number of aryl methyl sites for hydroxylation is 3. The Hall–Kier alpha value is -1.35. The predicted octanol–water partition coefficient (Wildman–Crippen LogP) is 4.16. The van der Waals surface area contributed by atoms with Crippen LogP contribution in [0.3, 0.4) is 0 Å². The molecule has 120 valence electrons. The Balaban J connectivity index is 1.85. The highest BCUT2D eigenvalue weighted by Gasteiger charge is 2.16. The molecule has 3 nitrogen and oxygen atoms in total. The smallest absolute Gasteiger partial charge is 0.109 e. The highest BCUT2D eigenvalue weighted by atomic mass is 16.3. The Morgan fingerprint density at radius 2 is 1.86 bits per heavy atom. The van der Waals surface area contributed by atoms with Crippen LogP contribution in [0.15, 0.2) is 12.1 Å². The Morgan fingerprint density at radius 3 is 2.59 bits per heavy atom. The SMILES string of the molecule is Cc1cc2nc(CCC3CCCCC3)n(CCO)c2cc1C. The minimum Gasteiger partial charge on any atom is -0.395 e. The summed E-state index contributed by atoms with van der Waals surface area (Å²) in [6.07, 6.45) is 9.27. The summed E-state index contributed by atoms with van der Waals surface area (Å²) in [6.45, 7) is 5.11. The molecule has 2 aromatic rings. The molecule has 1 aliphatic rings. The molecule has 1 fully saturated rings. The second kappa shape index (κ2) is 6.82. The van der Waals surface area contributed by atoms with Crippen LogP contribution in [0.5, 0.6) is 0 Å². The molecule has 0 atom stereocenters. The van der Waals surface area contributed by atoms with Gasteiger partial charge in [-0.05, 0) is 49.4 Å². The lowest BCUT2D eigenvalue weighted by Crippen LogP contribution is -2.11. The average Bonchev–Trinajstić information content (AvgIpc) is 2.84. The van der Waals surface area contributed by atoms with Crippen LogP contribution in [0.4, 0.5) is 0 Å². The van der Waals surface area contributed by atoms with Gasteiger partial charge in [-0.15, -0.1) is 0 Å². The van der Waals surface area contributed by atoms with Gasteiger partial charge in [-0.2, -0.15) is 0 Å². The molecule has 0 bridgehead atoms. The van der Waals surface area contributed by atoms with Crippen LogP contribution in [-0.2, 0) is 13.0 Å². The van der Waals surface area contributed by atoms with Crippen molar-refractivity contribution >= 4 is 11.0 Å². The number of aliphatic hydroxyl groups is 1. The molecular weight excluding hydrogens is 272 g/mol. The van der Waals surface area contributed by atoms with Crippen LogP contribution >= 0.6 is 0 Å². The van der Waals surface area contributed by atoms with Gasteiger partial charge in [0.2, 0.25) is 0 Å². The molecule has 0 saturated heterocycles. The lowest BCUT2D eigenvalue weighted by Gasteiger charge is -2.21. The Bertz CT molecular complexity index is 638. The van der Waals surface area contributed by atoms with Crippen molar-refractivity contribution in [2.75, 3.05) is 6.61 Å². The summed E-state index contributed by atoms with van der Waals surface area (Å²) < 4.78 is 2.23. The lowest BCUT2D eigenvalue weighted by molar-refractivity contribution is 0.274. The van der Waals surface area contributed by atoms with E-state index < -0.39 is 0 Å². The zero-order valence-corrected chi connectivity index (χ0v) is 13.9. The number of nitrogens with zero attached hydrogens (tertiary/aromatic N) is 2. The fraction of sp³-hybridized carbons (Fsp3) is 0.632. The third-order valence-electron chi connectivity index (χ3n) is 5.27. The van der Waals surface area contributed by atoms with Gasteiger partial charge in [0.25, 0.3) is 0 Å². The molecule has 1 aromatic carbocycles. The van der Waals surface area contributed by atoms with E-state index in [0.717, 1.165) is 23.7 Å². The number of aromatic nitrogens is 2. The van der Waals surface area contributed by atoms with E-state index in [1.165, 1.54) is 55.2 Å². The number of rotatable bonds is 5. The summed E-state index contributed by atoms with van der Waals surface area (Å²) in [7, 11) is 0. The second-order valence-electron chi connectivity index (χ2n) is 6.87. The molecular formula is C19H28N2O. The van der Waals surface area contributed by atoms with Gasteiger partial charge in [0.05, 0.1) is 17.6 Å². The van der Waals surface area contributed by atoms with Crippen molar-refractivity contribution in [3.05, 3.63) is 29.1 Å². The van der Waals surface area contributed by atoms with E-state index in [0.29, 0.717) is 6.54 Å². The van der Waals surface area contributed by atoms with E-state index in [-0.39, 0.29) is 6.61 Å². The fourth-order valence-electron chi connectivity index (χ4n) is 3.78. The van der Waals surface area contributed by atoms with E-state index in [2.05, 4.69) is 30.5 Å². The van der Waals surface area contributed by atoms with Crippen molar-refractivity contribution in [3.8, 4) is 0 Å². The normalized spacial score (nSPS) is 16.5. The molecule has 1 heterocycles. The van der Waals surface area contributed by atoms with Gasteiger partial charge in [-0.1, -0.05) is 32.1 Å². The van der Waals surface area contributed by atoms with Crippen molar-refractivity contribution in [1.29, 1.82) is 0 Å². The van der Waals surface area contributed by atoms with Crippen molar-refractivity contribution in [2.24, 2.45) is 5.92 Å². The first-order valence-electron chi connectivity index (χ1n) is 8.76. The van der Waals surface area contributed by atoms with Gasteiger partial charge in [0.15, 0.2) is 0 Å². The first-order valence-corrected chi connectivity index (χ1v) is 8.76. The molecule has 0 radical (unpaired) electrons. The summed E-state index contributed by atoms with van der Waals surface area (Å²) in [5, 5.41) is 9.41. The molecule has 1 aromatic heterocycles. The minimum atomic E-state index is 0.175. The van der Waals surface area contributed by atoms with Crippen LogP contribution in [-0.4, -0.2) is 21.3 Å². The topological polar surface area (TPSA) is 38.0 Å². The van der Waals surface area contributed by atoms with E-state index in [4.69, 9.17) is 4.98 Å². The number of benzene rings is 1. The van der Waals surface area contributed by atoms with Crippen molar-refractivity contribution in [2.45, 2.75) is 65.3 Å². The zero-order valence-electron chi connectivity index (χ0n) is 13.9. The van der Waals surface area contributed by atoms with Gasteiger partial charge < -0.3 is 9.67 Å². The summed E-state index contributed by atoms with van der Waals surface area (Å²) in [4.78, 5) is 4.87. The maximum atomic E-state index is 9.41. The molecule has 3 rings (SSSR count). The molecule has 1 saturated carbocycles. The number of imidazole rings is 1. The van der Waals surface area contributed by atoms with Crippen molar-refractivity contribution in [1.82, 2.24) is 9.55 Å². The van der Waals surface area contributed by atoms with Crippen LogP contribution in [0.1, 0.15) is 55.5 Å². The second-order valence-corrected chi connectivity index (χ2v) is 6.87. The minimum absolute atomic E-state index is 0.175. The molecule has 1 aliphatic carbocycles. The molecule has 0 spiro atoms. The van der Waals surface area contributed by atoms with Crippen LogP contribution < -0.4 is 0 Å². The number of hydrogen-bond donors (Lipinski definition) is 1. The first kappa shape index (κ1) is 15.5. The molecule has 22 heavy (non-hydrogen) atoms. The maximum absolute atomic E-state index is 9.41. The van der Waals surface area contributed by atoms with E-state index >= 15 is 0 Å². The van der Waals surface area contributed by atoms with Gasteiger partial charge in [-0.3, -0.25) is 0 Å². The monoisotopic (exact) mass is 300 g/mol. The fourth-order valence-corrected chi connectivity index (χ4v) is 3.78. The Labute approximate surface area is 133 Å².